The molecule has 1 rings (SSSR count). The molecular weight excluding hydrogens is 310 g/mol. The van der Waals surface area contributed by atoms with Crippen LogP contribution in [0.25, 0.3) is 0 Å². The van der Waals surface area contributed by atoms with Gasteiger partial charge in [0.2, 0.25) is 0 Å². The Bertz CT molecular complexity index is 495. The number of hydrogen-bond acceptors (Lipinski definition) is 4. The largest absolute Gasteiger partial charge is 0.391 e. The highest BCUT2D eigenvalue weighted by Gasteiger charge is 2.25. The zero-order valence-electron chi connectivity index (χ0n) is 12.1. The average molecular weight is 332 g/mol. The number of nitrogens with one attached hydrogen (secondary N) is 1. The molecule has 0 spiro atoms. The molecule has 0 radical (unpaired) electrons. The first-order valence-electron chi connectivity index (χ1n) is 6.37. The number of halogens is 1. The summed E-state index contributed by atoms with van der Waals surface area (Å²) in [6, 6.07) is 0. The second-order valence-corrected chi connectivity index (χ2v) is 6.57. The van der Waals surface area contributed by atoms with E-state index < -0.39 is 11.6 Å². The molecule has 0 amide bonds. The fraction of sp³-hybridized carbons (Fsp3) is 0.692. The van der Waals surface area contributed by atoms with Gasteiger partial charge in [-0.05, 0) is 42.6 Å². The van der Waals surface area contributed by atoms with E-state index in [0.29, 0.717) is 22.6 Å². The van der Waals surface area contributed by atoms with Gasteiger partial charge in [-0.15, -0.1) is 0 Å². The van der Waals surface area contributed by atoms with Crippen molar-refractivity contribution in [2.24, 2.45) is 5.92 Å². The standard InChI is InChI=1S/C13H22BrN3O2/c1-8(2)7-17-12(19)11(14)10(6-15-17)16-13(4,5)9(3)18/h6,8-9,16,18H,7H2,1-5H3. The molecule has 0 aliphatic rings. The minimum absolute atomic E-state index is 0.167. The smallest absolute Gasteiger partial charge is 0.283 e. The molecule has 1 heterocycles. The van der Waals surface area contributed by atoms with E-state index in [0.717, 1.165) is 0 Å². The van der Waals surface area contributed by atoms with Crippen LogP contribution >= 0.6 is 15.9 Å². The zero-order chi connectivity index (χ0) is 14.8. The summed E-state index contributed by atoms with van der Waals surface area (Å²) in [7, 11) is 0. The second-order valence-electron chi connectivity index (χ2n) is 5.78. The van der Waals surface area contributed by atoms with Crippen LogP contribution in [-0.4, -0.2) is 26.5 Å². The Morgan fingerprint density at radius 1 is 1.47 bits per heavy atom. The van der Waals surface area contributed by atoms with Crippen molar-refractivity contribution in [2.75, 3.05) is 5.32 Å². The van der Waals surface area contributed by atoms with Gasteiger partial charge in [0.25, 0.3) is 5.56 Å². The summed E-state index contributed by atoms with van der Waals surface area (Å²) in [5, 5.41) is 17.0. The van der Waals surface area contributed by atoms with E-state index in [4.69, 9.17) is 0 Å². The summed E-state index contributed by atoms with van der Waals surface area (Å²) in [5.41, 5.74) is -0.114. The van der Waals surface area contributed by atoms with Gasteiger partial charge in [-0.25, -0.2) is 4.68 Å². The van der Waals surface area contributed by atoms with Gasteiger partial charge < -0.3 is 10.4 Å². The maximum Gasteiger partial charge on any atom is 0.283 e. The Hall–Kier alpha value is -0.880. The number of anilines is 1. The van der Waals surface area contributed by atoms with Crippen LogP contribution in [0.3, 0.4) is 0 Å². The first-order chi connectivity index (χ1) is 8.65. The third kappa shape index (κ3) is 4.04. The van der Waals surface area contributed by atoms with Crippen LogP contribution in [0.2, 0.25) is 0 Å². The summed E-state index contributed by atoms with van der Waals surface area (Å²) < 4.78 is 1.88. The topological polar surface area (TPSA) is 67.2 Å². The molecule has 0 aliphatic carbocycles. The van der Waals surface area contributed by atoms with Crippen LogP contribution in [0, 0.1) is 5.92 Å². The SMILES string of the molecule is CC(C)Cn1ncc(NC(C)(C)C(C)O)c(Br)c1=O. The number of aromatic nitrogens is 2. The molecule has 6 heteroatoms. The average Bonchev–Trinajstić information content (AvgIpc) is 2.28. The van der Waals surface area contributed by atoms with E-state index in [2.05, 4.69) is 26.3 Å². The summed E-state index contributed by atoms with van der Waals surface area (Å²) in [6.45, 7) is 10.1. The predicted molar refractivity (Wildman–Crippen MR) is 80.4 cm³/mol. The lowest BCUT2D eigenvalue weighted by atomic mass is 9.98. The number of aliphatic hydroxyl groups excluding tert-OH is 1. The molecule has 0 saturated carbocycles. The van der Waals surface area contributed by atoms with Crippen molar-refractivity contribution in [1.82, 2.24) is 9.78 Å². The molecule has 0 fully saturated rings. The van der Waals surface area contributed by atoms with Crippen LogP contribution in [0.1, 0.15) is 34.6 Å². The first kappa shape index (κ1) is 16.2. The minimum atomic E-state index is -0.558. The first-order valence-corrected chi connectivity index (χ1v) is 7.16. The van der Waals surface area contributed by atoms with Gasteiger partial charge in [0.1, 0.15) is 4.47 Å². The van der Waals surface area contributed by atoms with Gasteiger partial charge in [-0.2, -0.15) is 5.10 Å². The Morgan fingerprint density at radius 3 is 2.53 bits per heavy atom. The quantitative estimate of drug-likeness (QED) is 0.868. The van der Waals surface area contributed by atoms with Crippen molar-refractivity contribution in [3.63, 3.8) is 0 Å². The van der Waals surface area contributed by atoms with Gasteiger partial charge in [0.15, 0.2) is 0 Å². The second kappa shape index (κ2) is 6.05. The Labute approximate surface area is 122 Å². The van der Waals surface area contributed by atoms with Crippen molar-refractivity contribution in [3.05, 3.63) is 21.0 Å². The van der Waals surface area contributed by atoms with Crippen molar-refractivity contribution < 1.29 is 5.11 Å². The molecule has 1 aromatic heterocycles. The fourth-order valence-corrected chi connectivity index (χ4v) is 1.89. The maximum atomic E-state index is 12.1. The van der Waals surface area contributed by atoms with E-state index in [1.54, 1.807) is 13.1 Å². The van der Waals surface area contributed by atoms with Crippen molar-refractivity contribution in [3.8, 4) is 0 Å². The summed E-state index contributed by atoms with van der Waals surface area (Å²) >= 11 is 3.31. The summed E-state index contributed by atoms with van der Waals surface area (Å²) in [4.78, 5) is 12.1. The Morgan fingerprint density at radius 2 is 2.05 bits per heavy atom. The van der Waals surface area contributed by atoms with Crippen molar-refractivity contribution >= 4 is 21.6 Å². The molecule has 1 aromatic rings. The minimum Gasteiger partial charge on any atom is -0.391 e. The van der Waals surface area contributed by atoms with Crippen molar-refractivity contribution in [2.45, 2.75) is 52.8 Å². The van der Waals surface area contributed by atoms with Crippen LogP contribution in [0.4, 0.5) is 5.69 Å². The number of aliphatic hydroxyl groups is 1. The summed E-state index contributed by atoms with van der Waals surface area (Å²) in [5.74, 6) is 0.352. The van der Waals surface area contributed by atoms with Gasteiger partial charge >= 0.3 is 0 Å². The van der Waals surface area contributed by atoms with Crippen LogP contribution in [-0.2, 0) is 6.54 Å². The molecule has 0 saturated heterocycles. The fourth-order valence-electron chi connectivity index (χ4n) is 1.48. The van der Waals surface area contributed by atoms with E-state index in [1.165, 1.54) is 4.68 Å². The monoisotopic (exact) mass is 331 g/mol. The van der Waals surface area contributed by atoms with Crippen molar-refractivity contribution in [1.29, 1.82) is 0 Å². The number of rotatable bonds is 5. The third-order valence-corrected chi connectivity index (χ3v) is 3.79. The molecule has 5 nitrogen and oxygen atoms in total. The van der Waals surface area contributed by atoms with E-state index in [1.807, 2.05) is 27.7 Å². The number of hydrogen-bond donors (Lipinski definition) is 2. The van der Waals surface area contributed by atoms with Crippen LogP contribution in [0.15, 0.2) is 15.5 Å². The highest BCUT2D eigenvalue weighted by atomic mass is 79.9. The molecule has 0 aromatic carbocycles. The Kier molecular flexibility index (Phi) is 5.15. The van der Waals surface area contributed by atoms with Crippen LogP contribution < -0.4 is 10.9 Å². The molecule has 1 atom stereocenters. The van der Waals surface area contributed by atoms with E-state index in [9.17, 15) is 9.90 Å². The lowest BCUT2D eigenvalue weighted by Gasteiger charge is -2.30. The molecule has 0 bridgehead atoms. The lowest BCUT2D eigenvalue weighted by molar-refractivity contribution is 0.133. The maximum absolute atomic E-state index is 12.1. The molecule has 108 valence electrons. The molecule has 0 aliphatic heterocycles. The van der Waals surface area contributed by atoms with E-state index in [-0.39, 0.29) is 5.56 Å². The molecule has 19 heavy (non-hydrogen) atoms. The van der Waals surface area contributed by atoms with E-state index >= 15 is 0 Å². The van der Waals surface area contributed by atoms with Crippen LogP contribution in [0.5, 0.6) is 0 Å². The third-order valence-electron chi connectivity index (χ3n) is 3.02. The Balaban J connectivity index is 3.07. The molecule has 1 unspecified atom stereocenters. The molecular formula is C13H22BrN3O2. The molecule has 2 N–H and O–H groups in total. The van der Waals surface area contributed by atoms with Gasteiger partial charge in [-0.3, -0.25) is 4.79 Å². The predicted octanol–water partition coefficient (Wildman–Crippen LogP) is 2.23. The zero-order valence-corrected chi connectivity index (χ0v) is 13.7. The lowest BCUT2D eigenvalue weighted by Crippen LogP contribution is -2.42. The highest BCUT2D eigenvalue weighted by Crippen LogP contribution is 2.22. The van der Waals surface area contributed by atoms with Gasteiger partial charge in [0, 0.05) is 6.54 Å². The normalized spacial score (nSPS) is 13.7. The summed E-state index contributed by atoms with van der Waals surface area (Å²) in [6.07, 6.45) is 1.05. The van der Waals surface area contributed by atoms with Gasteiger partial charge in [0.05, 0.1) is 23.5 Å². The number of nitrogens with zero attached hydrogens (tertiary/aromatic N) is 2. The highest BCUT2D eigenvalue weighted by molar-refractivity contribution is 9.10. The van der Waals surface area contributed by atoms with Gasteiger partial charge in [-0.1, -0.05) is 13.8 Å².